The number of hydrogen-bond donors (Lipinski definition) is 2. The van der Waals surface area contributed by atoms with Gasteiger partial charge in [0.05, 0.1) is 6.10 Å². The van der Waals surface area contributed by atoms with E-state index in [0.29, 0.717) is 6.04 Å². The van der Waals surface area contributed by atoms with Crippen LogP contribution in [0, 0.1) is 5.92 Å². The second-order valence-corrected chi connectivity index (χ2v) is 5.48. The summed E-state index contributed by atoms with van der Waals surface area (Å²) in [4.78, 5) is 2.54. The molecule has 0 spiro atoms. The molecule has 3 atom stereocenters. The van der Waals surface area contributed by atoms with E-state index in [1.165, 1.54) is 45.2 Å². The molecule has 1 heterocycles. The zero-order chi connectivity index (χ0) is 11.4. The maximum Gasteiger partial charge on any atom is 0.0695 e. The Hall–Kier alpha value is -0.120. The van der Waals surface area contributed by atoms with Gasteiger partial charge >= 0.3 is 0 Å². The Morgan fingerprint density at radius 1 is 1.19 bits per heavy atom. The highest BCUT2D eigenvalue weighted by molar-refractivity contribution is 4.87. The van der Waals surface area contributed by atoms with E-state index >= 15 is 0 Å². The van der Waals surface area contributed by atoms with E-state index in [2.05, 4.69) is 10.2 Å². The van der Waals surface area contributed by atoms with Crippen molar-refractivity contribution in [2.45, 2.75) is 50.7 Å². The summed E-state index contributed by atoms with van der Waals surface area (Å²) in [6.45, 7) is 3.50. The third kappa shape index (κ3) is 2.96. The fraction of sp³-hybridized carbons (Fsp3) is 1.00. The molecule has 1 aliphatic carbocycles. The van der Waals surface area contributed by atoms with Crippen LogP contribution in [0.1, 0.15) is 38.5 Å². The Kier molecular flexibility index (Phi) is 4.62. The van der Waals surface area contributed by atoms with Gasteiger partial charge in [0.1, 0.15) is 0 Å². The maximum absolute atomic E-state index is 10.2. The third-order valence-electron chi connectivity index (χ3n) is 4.22. The maximum atomic E-state index is 10.2. The minimum Gasteiger partial charge on any atom is -0.391 e. The van der Waals surface area contributed by atoms with Crippen LogP contribution in [0.2, 0.25) is 0 Å². The quantitative estimate of drug-likeness (QED) is 0.710. The minimum absolute atomic E-state index is 0.0733. The number of nitrogens with zero attached hydrogens (tertiary/aromatic N) is 1. The smallest absolute Gasteiger partial charge is 0.0695 e. The molecular weight excluding hydrogens is 200 g/mol. The van der Waals surface area contributed by atoms with E-state index < -0.39 is 0 Å². The van der Waals surface area contributed by atoms with Gasteiger partial charge in [0.25, 0.3) is 0 Å². The predicted molar refractivity (Wildman–Crippen MR) is 66.5 cm³/mol. The lowest BCUT2D eigenvalue weighted by molar-refractivity contribution is 0.0550. The van der Waals surface area contributed by atoms with Gasteiger partial charge in [-0.1, -0.05) is 19.3 Å². The number of aliphatic hydroxyl groups is 1. The van der Waals surface area contributed by atoms with Crippen molar-refractivity contribution in [1.29, 1.82) is 0 Å². The van der Waals surface area contributed by atoms with Gasteiger partial charge in [0.15, 0.2) is 0 Å². The van der Waals surface area contributed by atoms with Crippen LogP contribution in [-0.4, -0.2) is 48.8 Å². The average molecular weight is 226 g/mol. The molecule has 0 aromatic heterocycles. The molecule has 3 heteroatoms. The van der Waals surface area contributed by atoms with Gasteiger partial charge in [-0.2, -0.15) is 0 Å². The molecule has 0 aromatic rings. The topological polar surface area (TPSA) is 35.5 Å². The summed E-state index contributed by atoms with van der Waals surface area (Å²) in [5.41, 5.74) is 0. The zero-order valence-electron chi connectivity index (χ0n) is 10.5. The predicted octanol–water partition coefficient (Wildman–Crippen LogP) is 1.22. The Balaban J connectivity index is 1.86. The summed E-state index contributed by atoms with van der Waals surface area (Å²) in [5.74, 6) is 0.792. The first-order valence-electron chi connectivity index (χ1n) is 6.88. The van der Waals surface area contributed by atoms with Crippen LogP contribution in [0.4, 0.5) is 0 Å². The third-order valence-corrected chi connectivity index (χ3v) is 4.22. The molecule has 0 aromatic carbocycles. The summed E-state index contributed by atoms with van der Waals surface area (Å²) < 4.78 is 0. The van der Waals surface area contributed by atoms with Crippen molar-refractivity contribution in [3.63, 3.8) is 0 Å². The monoisotopic (exact) mass is 226 g/mol. The first kappa shape index (κ1) is 12.3. The molecule has 0 amide bonds. The minimum atomic E-state index is -0.0733. The summed E-state index contributed by atoms with van der Waals surface area (Å²) >= 11 is 0. The van der Waals surface area contributed by atoms with Crippen LogP contribution >= 0.6 is 0 Å². The highest BCUT2D eigenvalue weighted by Crippen LogP contribution is 2.27. The Morgan fingerprint density at radius 2 is 2.00 bits per heavy atom. The molecule has 3 unspecified atom stereocenters. The summed E-state index contributed by atoms with van der Waals surface area (Å²) in [7, 11) is 2.03. The van der Waals surface area contributed by atoms with Crippen molar-refractivity contribution in [2.75, 3.05) is 26.7 Å². The van der Waals surface area contributed by atoms with Crippen molar-refractivity contribution in [2.24, 2.45) is 5.92 Å². The SMILES string of the molecule is CNCC1CCN(C2CCCCCC2O)C1. The summed E-state index contributed by atoms with van der Waals surface area (Å²) in [6, 6.07) is 0.448. The van der Waals surface area contributed by atoms with Gasteiger partial charge in [-0.25, -0.2) is 0 Å². The van der Waals surface area contributed by atoms with Gasteiger partial charge < -0.3 is 10.4 Å². The van der Waals surface area contributed by atoms with Gasteiger partial charge in [0.2, 0.25) is 0 Å². The molecule has 1 aliphatic heterocycles. The van der Waals surface area contributed by atoms with E-state index in [1.54, 1.807) is 0 Å². The van der Waals surface area contributed by atoms with Crippen molar-refractivity contribution >= 4 is 0 Å². The molecule has 1 saturated carbocycles. The van der Waals surface area contributed by atoms with Crippen molar-refractivity contribution in [3.8, 4) is 0 Å². The zero-order valence-corrected chi connectivity index (χ0v) is 10.5. The Labute approximate surface area is 99.2 Å². The molecule has 0 bridgehead atoms. The van der Waals surface area contributed by atoms with Crippen LogP contribution in [0.3, 0.4) is 0 Å². The molecule has 16 heavy (non-hydrogen) atoms. The van der Waals surface area contributed by atoms with E-state index in [4.69, 9.17) is 0 Å². The van der Waals surface area contributed by atoms with Crippen LogP contribution in [0.15, 0.2) is 0 Å². The lowest BCUT2D eigenvalue weighted by Gasteiger charge is -2.30. The first-order chi connectivity index (χ1) is 7.81. The second kappa shape index (κ2) is 5.99. The molecule has 1 saturated heterocycles. The van der Waals surface area contributed by atoms with E-state index in [-0.39, 0.29) is 6.10 Å². The number of hydrogen-bond acceptors (Lipinski definition) is 3. The standard InChI is InChI=1S/C13H26N2O/c1-14-9-11-7-8-15(10-11)12-5-3-2-4-6-13(12)16/h11-14,16H,2-10H2,1H3. The summed E-state index contributed by atoms with van der Waals surface area (Å²) in [6.07, 6.45) is 7.26. The average Bonchev–Trinajstić information content (AvgIpc) is 2.61. The lowest BCUT2D eigenvalue weighted by atomic mass is 10.0. The molecule has 2 N–H and O–H groups in total. The molecule has 2 fully saturated rings. The first-order valence-corrected chi connectivity index (χ1v) is 6.88. The molecule has 94 valence electrons. The summed E-state index contributed by atoms with van der Waals surface area (Å²) in [5, 5.41) is 13.4. The van der Waals surface area contributed by atoms with E-state index in [9.17, 15) is 5.11 Å². The van der Waals surface area contributed by atoms with Crippen molar-refractivity contribution in [1.82, 2.24) is 10.2 Å². The largest absolute Gasteiger partial charge is 0.391 e. The van der Waals surface area contributed by atoms with Crippen molar-refractivity contribution < 1.29 is 5.11 Å². The van der Waals surface area contributed by atoms with Gasteiger partial charge in [0, 0.05) is 12.6 Å². The number of rotatable bonds is 3. The second-order valence-electron chi connectivity index (χ2n) is 5.48. The van der Waals surface area contributed by atoms with Crippen LogP contribution in [0.25, 0.3) is 0 Å². The Morgan fingerprint density at radius 3 is 2.81 bits per heavy atom. The fourth-order valence-electron chi connectivity index (χ4n) is 3.31. The van der Waals surface area contributed by atoms with E-state index in [0.717, 1.165) is 18.9 Å². The number of likely N-dealkylation sites (tertiary alicyclic amines) is 1. The van der Waals surface area contributed by atoms with Crippen molar-refractivity contribution in [3.05, 3.63) is 0 Å². The fourth-order valence-corrected chi connectivity index (χ4v) is 3.31. The Bertz CT molecular complexity index is 210. The normalized spacial score (nSPS) is 37.5. The van der Waals surface area contributed by atoms with E-state index in [1.807, 2.05) is 7.05 Å². The molecule has 2 aliphatic rings. The van der Waals surface area contributed by atoms with Gasteiger partial charge in [-0.05, 0) is 45.3 Å². The van der Waals surface area contributed by atoms with Crippen LogP contribution < -0.4 is 5.32 Å². The molecule has 0 radical (unpaired) electrons. The number of nitrogens with one attached hydrogen (secondary N) is 1. The van der Waals surface area contributed by atoms with Crippen LogP contribution in [-0.2, 0) is 0 Å². The molecule has 2 rings (SSSR count). The number of aliphatic hydroxyl groups excluding tert-OH is 1. The van der Waals surface area contributed by atoms with Gasteiger partial charge in [-0.3, -0.25) is 4.90 Å². The highest BCUT2D eigenvalue weighted by Gasteiger charge is 2.32. The van der Waals surface area contributed by atoms with Gasteiger partial charge in [-0.15, -0.1) is 0 Å². The molecule has 3 nitrogen and oxygen atoms in total. The molecular formula is C13H26N2O. The van der Waals surface area contributed by atoms with Crippen LogP contribution in [0.5, 0.6) is 0 Å². The highest BCUT2D eigenvalue weighted by atomic mass is 16.3. The lowest BCUT2D eigenvalue weighted by Crippen LogP contribution is -2.42.